The smallest absolute Gasteiger partial charge is 0.323 e. The highest BCUT2D eigenvalue weighted by molar-refractivity contribution is 6.09. The van der Waals surface area contributed by atoms with Crippen LogP contribution in [0.2, 0.25) is 0 Å². The normalized spacial score (nSPS) is 35.6. The first-order valence-corrected chi connectivity index (χ1v) is 10.7. The number of Topliss-reactive ketones (excluding diaryl/α,β-unsaturated/α-hetero) is 1. The fourth-order valence-electron chi connectivity index (χ4n) is 6.70. The molecule has 1 aromatic carbocycles. The number of hydrogen-bond acceptors (Lipinski definition) is 6. The predicted molar refractivity (Wildman–Crippen MR) is 102 cm³/mol. The van der Waals surface area contributed by atoms with Crippen molar-refractivity contribution in [3.05, 3.63) is 35.4 Å². The van der Waals surface area contributed by atoms with Crippen molar-refractivity contribution in [1.29, 1.82) is 0 Å². The van der Waals surface area contributed by atoms with Crippen molar-refractivity contribution in [2.75, 3.05) is 13.2 Å². The van der Waals surface area contributed by atoms with Gasteiger partial charge in [-0.15, -0.1) is 0 Å². The van der Waals surface area contributed by atoms with E-state index in [0.29, 0.717) is 12.0 Å². The molecule has 2 heterocycles. The standard InChI is InChI=1S/C23H26O6/c1-3-27-20(25)22(21(26)28-4-2)12-23-17-15(10-7-11-16(17)22)18(29-23)13-8-5-6-9-14(13)19(23)24/h5-6,8-9,15-18H,3-4,7,10-12H2,1-2H3/t15-,16?,17-,18-,23-/m1/s1. The monoisotopic (exact) mass is 398 g/mol. The van der Waals surface area contributed by atoms with E-state index in [1.165, 1.54) is 0 Å². The van der Waals surface area contributed by atoms with Crippen LogP contribution in [0.15, 0.2) is 24.3 Å². The van der Waals surface area contributed by atoms with Crippen molar-refractivity contribution in [3.63, 3.8) is 0 Å². The third-order valence-corrected chi connectivity index (χ3v) is 7.56. The van der Waals surface area contributed by atoms with Gasteiger partial charge in [0.15, 0.2) is 11.2 Å². The highest BCUT2D eigenvalue weighted by atomic mass is 16.6. The minimum atomic E-state index is -1.47. The molecule has 154 valence electrons. The lowest BCUT2D eigenvalue weighted by Gasteiger charge is -2.39. The van der Waals surface area contributed by atoms with Crippen LogP contribution in [-0.4, -0.2) is 36.5 Å². The van der Waals surface area contributed by atoms with Gasteiger partial charge in [0.05, 0.1) is 19.3 Å². The molecule has 2 aliphatic carbocycles. The van der Waals surface area contributed by atoms with Crippen molar-refractivity contribution in [1.82, 2.24) is 0 Å². The minimum absolute atomic E-state index is 0.0210. The van der Waals surface area contributed by atoms with Gasteiger partial charge in [-0.25, -0.2) is 0 Å². The summed E-state index contributed by atoms with van der Waals surface area (Å²) in [6.07, 6.45) is 2.38. The molecule has 5 rings (SSSR count). The fraction of sp³-hybridized carbons (Fsp3) is 0.609. The average molecular weight is 398 g/mol. The number of hydrogen-bond donors (Lipinski definition) is 0. The van der Waals surface area contributed by atoms with E-state index in [1.54, 1.807) is 13.8 Å². The van der Waals surface area contributed by atoms with Gasteiger partial charge in [0.2, 0.25) is 0 Å². The van der Waals surface area contributed by atoms with Crippen LogP contribution >= 0.6 is 0 Å². The number of esters is 2. The quantitative estimate of drug-likeness (QED) is 0.572. The molecule has 0 N–H and O–H groups in total. The van der Waals surface area contributed by atoms with Gasteiger partial charge >= 0.3 is 11.9 Å². The molecule has 29 heavy (non-hydrogen) atoms. The van der Waals surface area contributed by atoms with Crippen LogP contribution < -0.4 is 0 Å². The van der Waals surface area contributed by atoms with Crippen LogP contribution in [0, 0.1) is 23.2 Å². The molecule has 0 aromatic heterocycles. The average Bonchev–Trinajstić information content (AvgIpc) is 3.20. The topological polar surface area (TPSA) is 78.9 Å². The fourth-order valence-corrected chi connectivity index (χ4v) is 6.70. The van der Waals surface area contributed by atoms with E-state index < -0.39 is 23.0 Å². The maximum absolute atomic E-state index is 13.7. The SMILES string of the molecule is CCOC(=O)C1(C(=O)OCC)C[C@]23O[C@H](c4ccccc4C2=O)[C@@H]2CCCC1[C@@H]23. The first-order chi connectivity index (χ1) is 14.0. The van der Waals surface area contributed by atoms with E-state index in [0.717, 1.165) is 18.4 Å². The number of carbonyl (C=O) groups excluding carboxylic acids is 3. The molecule has 2 saturated carbocycles. The molecule has 1 aromatic rings. The van der Waals surface area contributed by atoms with Gasteiger partial charge in [0.1, 0.15) is 5.60 Å². The molecule has 0 radical (unpaired) electrons. The number of benzene rings is 1. The Labute approximate surface area is 169 Å². The number of rotatable bonds is 4. The summed E-state index contributed by atoms with van der Waals surface area (Å²) in [5.74, 6) is -1.59. The van der Waals surface area contributed by atoms with Crippen LogP contribution in [0.5, 0.6) is 0 Å². The van der Waals surface area contributed by atoms with E-state index in [2.05, 4.69) is 0 Å². The maximum Gasteiger partial charge on any atom is 0.323 e. The van der Waals surface area contributed by atoms with Gasteiger partial charge in [-0.1, -0.05) is 30.7 Å². The molecular formula is C23H26O6. The molecular weight excluding hydrogens is 372 g/mol. The Morgan fingerprint density at radius 3 is 2.48 bits per heavy atom. The lowest BCUT2D eigenvalue weighted by molar-refractivity contribution is -0.179. The third-order valence-electron chi connectivity index (χ3n) is 7.56. The number of carbonyl (C=O) groups is 3. The summed E-state index contributed by atoms with van der Waals surface area (Å²) in [6.45, 7) is 3.80. The van der Waals surface area contributed by atoms with Crippen molar-refractivity contribution in [2.24, 2.45) is 23.2 Å². The minimum Gasteiger partial charge on any atom is -0.465 e. The van der Waals surface area contributed by atoms with Crippen LogP contribution in [0.4, 0.5) is 0 Å². The number of ketones is 1. The predicted octanol–water partition coefficient (Wildman–Crippen LogP) is 3.24. The van der Waals surface area contributed by atoms with Crippen molar-refractivity contribution >= 4 is 17.7 Å². The summed E-state index contributed by atoms with van der Waals surface area (Å²) in [5.41, 5.74) is -1.00. The Hall–Kier alpha value is -2.21. The van der Waals surface area contributed by atoms with Gasteiger partial charge in [-0.2, -0.15) is 0 Å². The molecule has 3 fully saturated rings. The number of fused-ring (bicyclic) bond motifs is 4. The van der Waals surface area contributed by atoms with E-state index in [1.807, 2.05) is 24.3 Å². The second kappa shape index (κ2) is 6.39. The molecule has 6 nitrogen and oxygen atoms in total. The highest BCUT2D eigenvalue weighted by Gasteiger charge is 2.78. The molecule has 1 saturated heterocycles. The lowest BCUT2D eigenvalue weighted by atomic mass is 9.64. The van der Waals surface area contributed by atoms with Crippen LogP contribution in [0.3, 0.4) is 0 Å². The summed E-state index contributed by atoms with van der Waals surface area (Å²) in [5, 5.41) is 0. The summed E-state index contributed by atoms with van der Waals surface area (Å²) in [6, 6.07) is 7.61. The van der Waals surface area contributed by atoms with Crippen molar-refractivity contribution < 1.29 is 28.6 Å². The molecule has 0 amide bonds. The Kier molecular flexibility index (Phi) is 4.14. The van der Waals surface area contributed by atoms with Crippen molar-refractivity contribution in [2.45, 2.75) is 51.2 Å². The van der Waals surface area contributed by atoms with Crippen LogP contribution in [0.1, 0.15) is 61.6 Å². The molecule has 1 unspecified atom stereocenters. The van der Waals surface area contributed by atoms with Gasteiger partial charge < -0.3 is 14.2 Å². The summed E-state index contributed by atoms with van der Waals surface area (Å²) >= 11 is 0. The lowest BCUT2D eigenvalue weighted by Crippen LogP contribution is -2.49. The molecule has 4 aliphatic rings. The summed E-state index contributed by atoms with van der Waals surface area (Å²) < 4.78 is 17.3. The van der Waals surface area contributed by atoms with Gasteiger partial charge in [-0.3, -0.25) is 14.4 Å². The van der Waals surface area contributed by atoms with Crippen LogP contribution in [-0.2, 0) is 23.8 Å². The molecule has 1 spiro atoms. The van der Waals surface area contributed by atoms with E-state index >= 15 is 0 Å². The second-order valence-corrected chi connectivity index (χ2v) is 8.66. The van der Waals surface area contributed by atoms with E-state index in [-0.39, 0.29) is 49.3 Å². The van der Waals surface area contributed by atoms with E-state index in [9.17, 15) is 14.4 Å². The highest BCUT2D eigenvalue weighted by Crippen LogP contribution is 2.71. The Morgan fingerprint density at radius 1 is 1.10 bits per heavy atom. The molecule has 2 aliphatic heterocycles. The summed E-state index contributed by atoms with van der Waals surface area (Å²) in [4.78, 5) is 40.2. The Morgan fingerprint density at radius 2 is 1.79 bits per heavy atom. The zero-order valence-electron chi connectivity index (χ0n) is 16.8. The number of ether oxygens (including phenoxy) is 3. The zero-order valence-corrected chi connectivity index (χ0v) is 16.8. The van der Waals surface area contributed by atoms with Crippen molar-refractivity contribution in [3.8, 4) is 0 Å². The third kappa shape index (κ3) is 2.18. The first-order valence-electron chi connectivity index (χ1n) is 10.7. The molecule has 5 atom stereocenters. The largest absolute Gasteiger partial charge is 0.465 e. The first kappa shape index (κ1) is 18.8. The molecule has 2 bridgehead atoms. The van der Waals surface area contributed by atoms with Gasteiger partial charge in [0, 0.05) is 17.9 Å². The van der Waals surface area contributed by atoms with Gasteiger partial charge in [-0.05, 0) is 44.1 Å². The maximum atomic E-state index is 13.7. The Bertz CT molecular complexity index is 873. The van der Waals surface area contributed by atoms with Crippen LogP contribution in [0.25, 0.3) is 0 Å². The second-order valence-electron chi connectivity index (χ2n) is 8.66. The molecule has 6 heteroatoms. The Balaban J connectivity index is 1.69. The summed E-state index contributed by atoms with van der Waals surface area (Å²) in [7, 11) is 0. The zero-order chi connectivity index (χ0) is 20.4. The van der Waals surface area contributed by atoms with Gasteiger partial charge in [0.25, 0.3) is 0 Å². The van der Waals surface area contributed by atoms with E-state index in [4.69, 9.17) is 14.2 Å².